The lowest BCUT2D eigenvalue weighted by Crippen LogP contribution is -2.03. The molecule has 1 rings (SSSR count). The molecule has 0 bridgehead atoms. The summed E-state index contributed by atoms with van der Waals surface area (Å²) in [5.41, 5.74) is 0.696. The molecule has 0 aliphatic carbocycles. The maximum absolute atomic E-state index is 10.6. The lowest BCUT2D eigenvalue weighted by Gasteiger charge is -1.99. The molecule has 0 amide bonds. The third-order valence-corrected chi connectivity index (χ3v) is 1.48. The van der Waals surface area contributed by atoms with Crippen LogP contribution in [-0.2, 0) is 6.42 Å². The van der Waals surface area contributed by atoms with Gasteiger partial charge < -0.3 is 9.63 Å². The standard InChI is InChI=1S/C8H11NO3/c1-5(2)3-7-6(8(10)11)4-12-9-7/h4-5H,3H2,1-2H3,(H,10,11). The van der Waals surface area contributed by atoms with Crippen molar-refractivity contribution in [3.8, 4) is 0 Å². The fourth-order valence-corrected chi connectivity index (χ4v) is 0.968. The van der Waals surface area contributed by atoms with Crippen molar-refractivity contribution < 1.29 is 14.4 Å². The Kier molecular flexibility index (Phi) is 2.47. The van der Waals surface area contributed by atoms with Gasteiger partial charge in [-0.2, -0.15) is 0 Å². The minimum atomic E-state index is -0.980. The predicted octanol–water partition coefficient (Wildman–Crippen LogP) is 1.57. The average Bonchev–Trinajstić information content (AvgIpc) is 2.33. The van der Waals surface area contributed by atoms with Crippen LogP contribution >= 0.6 is 0 Å². The monoisotopic (exact) mass is 169 g/mol. The largest absolute Gasteiger partial charge is 0.478 e. The van der Waals surface area contributed by atoms with Gasteiger partial charge in [-0.15, -0.1) is 0 Å². The molecule has 1 heterocycles. The molecular formula is C8H11NO3. The van der Waals surface area contributed by atoms with Crippen LogP contribution < -0.4 is 0 Å². The van der Waals surface area contributed by atoms with Crippen molar-refractivity contribution in [2.45, 2.75) is 20.3 Å². The molecular weight excluding hydrogens is 158 g/mol. The van der Waals surface area contributed by atoms with E-state index in [9.17, 15) is 4.79 Å². The highest BCUT2D eigenvalue weighted by Gasteiger charge is 2.14. The maximum Gasteiger partial charge on any atom is 0.340 e. The van der Waals surface area contributed by atoms with Gasteiger partial charge in [0.2, 0.25) is 0 Å². The summed E-state index contributed by atoms with van der Waals surface area (Å²) in [5, 5.41) is 12.3. The SMILES string of the molecule is CC(C)Cc1nocc1C(=O)O. The molecule has 0 fully saturated rings. The van der Waals surface area contributed by atoms with E-state index in [2.05, 4.69) is 9.68 Å². The second-order valence-electron chi connectivity index (χ2n) is 3.08. The quantitative estimate of drug-likeness (QED) is 0.745. The minimum absolute atomic E-state index is 0.170. The van der Waals surface area contributed by atoms with Crippen LogP contribution in [0.2, 0.25) is 0 Å². The van der Waals surface area contributed by atoms with Crippen LogP contribution in [0.25, 0.3) is 0 Å². The van der Waals surface area contributed by atoms with Crippen molar-refractivity contribution in [2.75, 3.05) is 0 Å². The van der Waals surface area contributed by atoms with E-state index >= 15 is 0 Å². The van der Waals surface area contributed by atoms with Crippen LogP contribution in [0.3, 0.4) is 0 Å². The number of aromatic carboxylic acids is 1. The van der Waals surface area contributed by atoms with Crippen molar-refractivity contribution in [3.05, 3.63) is 17.5 Å². The second-order valence-corrected chi connectivity index (χ2v) is 3.08. The summed E-state index contributed by atoms with van der Waals surface area (Å²) in [6.07, 6.45) is 1.80. The van der Waals surface area contributed by atoms with E-state index in [0.717, 1.165) is 0 Å². The van der Waals surface area contributed by atoms with Crippen LogP contribution in [0.15, 0.2) is 10.8 Å². The van der Waals surface area contributed by atoms with Crippen LogP contribution in [0.1, 0.15) is 29.9 Å². The Morgan fingerprint density at radius 3 is 2.92 bits per heavy atom. The summed E-state index contributed by atoms with van der Waals surface area (Å²) in [4.78, 5) is 10.6. The highest BCUT2D eigenvalue weighted by Crippen LogP contribution is 2.11. The fraction of sp³-hybridized carbons (Fsp3) is 0.500. The van der Waals surface area contributed by atoms with Gasteiger partial charge in [-0.05, 0) is 12.3 Å². The molecule has 1 aromatic rings. The van der Waals surface area contributed by atoms with Crippen LogP contribution in [-0.4, -0.2) is 16.2 Å². The zero-order chi connectivity index (χ0) is 9.14. The first-order valence-corrected chi connectivity index (χ1v) is 3.77. The zero-order valence-electron chi connectivity index (χ0n) is 7.07. The first kappa shape index (κ1) is 8.77. The zero-order valence-corrected chi connectivity index (χ0v) is 7.07. The molecule has 0 saturated heterocycles. The summed E-state index contributed by atoms with van der Waals surface area (Å²) >= 11 is 0. The molecule has 4 nitrogen and oxygen atoms in total. The number of nitrogens with zero attached hydrogens (tertiary/aromatic N) is 1. The van der Waals surface area contributed by atoms with Gasteiger partial charge in [0.05, 0.1) is 5.69 Å². The third kappa shape index (κ3) is 1.84. The first-order chi connectivity index (χ1) is 5.61. The number of rotatable bonds is 3. The molecule has 4 heteroatoms. The summed E-state index contributed by atoms with van der Waals surface area (Å²) in [6, 6.07) is 0. The number of hydrogen-bond acceptors (Lipinski definition) is 3. The number of carboxylic acid groups (broad SMARTS) is 1. The van der Waals surface area contributed by atoms with E-state index in [4.69, 9.17) is 5.11 Å². The molecule has 12 heavy (non-hydrogen) atoms. The molecule has 0 atom stereocenters. The van der Waals surface area contributed by atoms with Crippen LogP contribution in [0.5, 0.6) is 0 Å². The van der Waals surface area contributed by atoms with E-state index in [0.29, 0.717) is 18.0 Å². The third-order valence-electron chi connectivity index (χ3n) is 1.48. The van der Waals surface area contributed by atoms with Gasteiger partial charge in [-0.25, -0.2) is 4.79 Å². The summed E-state index contributed by atoms with van der Waals surface area (Å²) in [5.74, 6) is -0.597. The molecule has 1 N–H and O–H groups in total. The van der Waals surface area contributed by atoms with Crippen molar-refractivity contribution in [3.63, 3.8) is 0 Å². The van der Waals surface area contributed by atoms with E-state index in [1.165, 1.54) is 6.26 Å². The summed E-state index contributed by atoms with van der Waals surface area (Å²) < 4.78 is 4.58. The smallest absolute Gasteiger partial charge is 0.340 e. The molecule has 0 aliphatic rings. The highest BCUT2D eigenvalue weighted by atomic mass is 16.5. The van der Waals surface area contributed by atoms with E-state index < -0.39 is 5.97 Å². The normalized spacial score (nSPS) is 10.6. The van der Waals surface area contributed by atoms with Gasteiger partial charge >= 0.3 is 5.97 Å². The van der Waals surface area contributed by atoms with Gasteiger partial charge in [-0.1, -0.05) is 19.0 Å². The average molecular weight is 169 g/mol. The van der Waals surface area contributed by atoms with Gasteiger partial charge in [-0.3, -0.25) is 0 Å². The highest BCUT2D eigenvalue weighted by molar-refractivity contribution is 5.88. The number of aromatic nitrogens is 1. The van der Waals surface area contributed by atoms with Gasteiger partial charge in [0.1, 0.15) is 11.8 Å². The molecule has 0 spiro atoms. The molecule has 0 unspecified atom stereocenters. The summed E-state index contributed by atoms with van der Waals surface area (Å²) in [7, 11) is 0. The molecule has 0 saturated carbocycles. The Hall–Kier alpha value is -1.32. The first-order valence-electron chi connectivity index (χ1n) is 3.77. The Balaban J connectivity index is 2.84. The van der Waals surface area contributed by atoms with Crippen LogP contribution in [0, 0.1) is 5.92 Å². The molecule has 1 aromatic heterocycles. The number of hydrogen-bond donors (Lipinski definition) is 1. The van der Waals surface area contributed by atoms with Crippen LogP contribution in [0.4, 0.5) is 0 Å². The predicted molar refractivity (Wildman–Crippen MR) is 42.0 cm³/mol. The lowest BCUT2D eigenvalue weighted by atomic mass is 10.1. The van der Waals surface area contributed by atoms with E-state index in [1.54, 1.807) is 0 Å². The maximum atomic E-state index is 10.6. The van der Waals surface area contributed by atoms with Crippen molar-refractivity contribution >= 4 is 5.97 Å². The number of carbonyl (C=O) groups is 1. The number of carboxylic acids is 1. The van der Waals surface area contributed by atoms with E-state index in [-0.39, 0.29) is 5.56 Å². The molecule has 66 valence electrons. The van der Waals surface area contributed by atoms with E-state index in [1.807, 2.05) is 13.8 Å². The second kappa shape index (κ2) is 3.38. The Morgan fingerprint density at radius 1 is 1.75 bits per heavy atom. The van der Waals surface area contributed by atoms with Crippen molar-refractivity contribution in [1.29, 1.82) is 0 Å². The molecule has 0 aromatic carbocycles. The van der Waals surface area contributed by atoms with Gasteiger partial charge in [0, 0.05) is 0 Å². The topological polar surface area (TPSA) is 63.3 Å². The lowest BCUT2D eigenvalue weighted by molar-refractivity contribution is 0.0695. The Bertz CT molecular complexity index is 278. The molecule has 0 radical (unpaired) electrons. The van der Waals surface area contributed by atoms with Gasteiger partial charge in [0.25, 0.3) is 0 Å². The van der Waals surface area contributed by atoms with Crippen molar-refractivity contribution in [1.82, 2.24) is 5.16 Å². The molecule has 0 aliphatic heterocycles. The van der Waals surface area contributed by atoms with Gasteiger partial charge in [0.15, 0.2) is 0 Å². The minimum Gasteiger partial charge on any atom is -0.478 e. The summed E-state index contributed by atoms with van der Waals surface area (Å²) in [6.45, 7) is 4.00. The Morgan fingerprint density at radius 2 is 2.42 bits per heavy atom. The fourth-order valence-electron chi connectivity index (χ4n) is 0.968. The Labute approximate surface area is 70.2 Å². The van der Waals surface area contributed by atoms with Crippen molar-refractivity contribution in [2.24, 2.45) is 5.92 Å².